The maximum Gasteiger partial charge on any atom is 0.274 e. The van der Waals surface area contributed by atoms with Crippen LogP contribution in [0.2, 0.25) is 0 Å². The fourth-order valence-electron chi connectivity index (χ4n) is 2.67. The Hall–Kier alpha value is -2.70. The minimum Gasteiger partial charge on any atom is -0.382 e. The Morgan fingerprint density at radius 2 is 2.00 bits per heavy atom. The van der Waals surface area contributed by atoms with Crippen LogP contribution in [-0.2, 0) is 0 Å². The first-order valence-electron chi connectivity index (χ1n) is 7.78. The van der Waals surface area contributed by atoms with Crippen molar-refractivity contribution >= 4 is 17.4 Å². The van der Waals surface area contributed by atoms with Gasteiger partial charge in [-0.05, 0) is 19.1 Å². The number of carbonyl (C=O) groups is 1. The molecule has 0 aliphatic carbocycles. The number of nitrogens with zero attached hydrogens (tertiary/aromatic N) is 5. The van der Waals surface area contributed by atoms with Crippen LogP contribution in [-0.4, -0.2) is 58.5 Å². The third kappa shape index (κ3) is 3.39. The number of hydrogen-bond acceptors (Lipinski definition) is 6. The number of hydrogen-bond donors (Lipinski definition) is 1. The Morgan fingerprint density at radius 1 is 1.17 bits per heavy atom. The van der Waals surface area contributed by atoms with Crippen molar-refractivity contribution in [2.24, 2.45) is 0 Å². The van der Waals surface area contributed by atoms with E-state index in [-0.39, 0.29) is 5.91 Å². The van der Waals surface area contributed by atoms with Crippen LogP contribution in [0.15, 0.2) is 36.9 Å². The van der Waals surface area contributed by atoms with Gasteiger partial charge < -0.3 is 15.1 Å². The highest BCUT2D eigenvalue weighted by molar-refractivity contribution is 5.92. The molecule has 23 heavy (non-hydrogen) atoms. The Morgan fingerprint density at radius 3 is 2.70 bits per heavy atom. The Balaban J connectivity index is 1.66. The van der Waals surface area contributed by atoms with Gasteiger partial charge in [0.2, 0.25) is 0 Å². The van der Waals surface area contributed by atoms with Gasteiger partial charge >= 0.3 is 0 Å². The van der Waals surface area contributed by atoms with E-state index in [4.69, 9.17) is 0 Å². The quantitative estimate of drug-likeness (QED) is 0.916. The standard InChI is InChI=1S/C16H20N6O/c1-2-18-13-4-3-5-20-15(13)21-8-10-22(11-9-21)16(23)14-12-17-6-7-19-14/h3-7,12,18H,2,8-11H2,1H3. The van der Waals surface area contributed by atoms with Crippen molar-refractivity contribution in [3.05, 3.63) is 42.6 Å². The summed E-state index contributed by atoms with van der Waals surface area (Å²) in [5.74, 6) is 0.881. The fourth-order valence-corrected chi connectivity index (χ4v) is 2.67. The maximum atomic E-state index is 12.4. The molecule has 3 rings (SSSR count). The van der Waals surface area contributed by atoms with Crippen LogP contribution in [0.1, 0.15) is 17.4 Å². The van der Waals surface area contributed by atoms with Crippen molar-refractivity contribution in [2.75, 3.05) is 42.9 Å². The number of nitrogens with one attached hydrogen (secondary N) is 1. The largest absolute Gasteiger partial charge is 0.382 e. The lowest BCUT2D eigenvalue weighted by molar-refractivity contribution is 0.0740. The molecule has 2 aromatic rings. The molecule has 0 saturated carbocycles. The lowest BCUT2D eigenvalue weighted by Crippen LogP contribution is -2.49. The summed E-state index contributed by atoms with van der Waals surface area (Å²) in [4.78, 5) is 28.9. The van der Waals surface area contributed by atoms with Gasteiger partial charge in [0.15, 0.2) is 5.82 Å². The molecule has 2 aromatic heterocycles. The van der Waals surface area contributed by atoms with Crippen LogP contribution >= 0.6 is 0 Å². The van der Waals surface area contributed by atoms with Crippen molar-refractivity contribution in [2.45, 2.75) is 6.92 Å². The monoisotopic (exact) mass is 312 g/mol. The highest BCUT2D eigenvalue weighted by Crippen LogP contribution is 2.23. The Bertz CT molecular complexity index is 655. The van der Waals surface area contributed by atoms with Crippen molar-refractivity contribution in [3.63, 3.8) is 0 Å². The SMILES string of the molecule is CCNc1cccnc1N1CCN(C(=O)c2cnccn2)CC1. The highest BCUT2D eigenvalue weighted by atomic mass is 16.2. The molecular weight excluding hydrogens is 292 g/mol. The Labute approximate surface area is 135 Å². The zero-order chi connectivity index (χ0) is 16.1. The molecule has 0 atom stereocenters. The van der Waals surface area contributed by atoms with Gasteiger partial charge in [-0.1, -0.05) is 0 Å². The molecule has 0 radical (unpaired) electrons. The second kappa shape index (κ2) is 7.04. The predicted octanol–water partition coefficient (Wildman–Crippen LogP) is 1.27. The zero-order valence-corrected chi connectivity index (χ0v) is 13.1. The second-order valence-corrected chi connectivity index (χ2v) is 5.27. The smallest absolute Gasteiger partial charge is 0.274 e. The van der Waals surface area contributed by atoms with E-state index < -0.39 is 0 Å². The van der Waals surface area contributed by atoms with Crippen LogP contribution in [0, 0.1) is 0 Å². The van der Waals surface area contributed by atoms with Gasteiger partial charge in [0.05, 0.1) is 11.9 Å². The number of rotatable bonds is 4. The summed E-state index contributed by atoms with van der Waals surface area (Å²) in [6, 6.07) is 3.96. The predicted molar refractivity (Wildman–Crippen MR) is 88.5 cm³/mol. The van der Waals surface area contributed by atoms with E-state index in [0.29, 0.717) is 18.8 Å². The van der Waals surface area contributed by atoms with E-state index in [9.17, 15) is 4.79 Å². The molecule has 0 aromatic carbocycles. The average Bonchev–Trinajstić information content (AvgIpc) is 2.63. The van der Waals surface area contributed by atoms with Crippen LogP contribution in [0.4, 0.5) is 11.5 Å². The molecular formula is C16H20N6O. The minimum absolute atomic E-state index is 0.0642. The molecule has 1 aliphatic rings. The molecule has 7 heteroatoms. The molecule has 3 heterocycles. The summed E-state index contributed by atoms with van der Waals surface area (Å²) in [6.07, 6.45) is 6.42. The summed E-state index contributed by atoms with van der Waals surface area (Å²) in [6.45, 7) is 5.72. The highest BCUT2D eigenvalue weighted by Gasteiger charge is 2.24. The first-order chi connectivity index (χ1) is 11.3. The lowest BCUT2D eigenvalue weighted by atomic mass is 10.2. The molecule has 0 spiro atoms. The average molecular weight is 312 g/mol. The summed E-state index contributed by atoms with van der Waals surface area (Å²) in [7, 11) is 0. The van der Waals surface area contributed by atoms with E-state index in [0.717, 1.165) is 31.1 Å². The third-order valence-corrected chi connectivity index (χ3v) is 3.80. The summed E-state index contributed by atoms with van der Waals surface area (Å²) in [5.41, 5.74) is 1.43. The molecule has 7 nitrogen and oxygen atoms in total. The molecule has 1 amide bonds. The van der Waals surface area contributed by atoms with Crippen LogP contribution in [0.25, 0.3) is 0 Å². The van der Waals surface area contributed by atoms with Gasteiger partial charge in [-0.25, -0.2) is 9.97 Å². The van der Waals surface area contributed by atoms with Gasteiger partial charge in [0, 0.05) is 51.3 Å². The van der Waals surface area contributed by atoms with E-state index >= 15 is 0 Å². The van der Waals surface area contributed by atoms with Crippen LogP contribution in [0.3, 0.4) is 0 Å². The van der Waals surface area contributed by atoms with E-state index in [2.05, 4.69) is 32.1 Å². The molecule has 0 unspecified atom stereocenters. The van der Waals surface area contributed by atoms with Crippen LogP contribution in [0.5, 0.6) is 0 Å². The first-order valence-corrected chi connectivity index (χ1v) is 7.78. The molecule has 1 saturated heterocycles. The number of piperazine rings is 1. The summed E-state index contributed by atoms with van der Waals surface area (Å²) >= 11 is 0. The maximum absolute atomic E-state index is 12.4. The number of carbonyl (C=O) groups excluding carboxylic acids is 1. The summed E-state index contributed by atoms with van der Waals surface area (Å²) < 4.78 is 0. The zero-order valence-electron chi connectivity index (χ0n) is 13.1. The van der Waals surface area contributed by atoms with Crippen molar-refractivity contribution in [1.82, 2.24) is 19.9 Å². The van der Waals surface area contributed by atoms with E-state index in [1.54, 1.807) is 18.6 Å². The van der Waals surface area contributed by atoms with Gasteiger partial charge in [0.25, 0.3) is 5.91 Å². The van der Waals surface area contributed by atoms with Gasteiger partial charge in [0.1, 0.15) is 5.69 Å². The number of pyridine rings is 1. The molecule has 1 N–H and O–H groups in total. The van der Waals surface area contributed by atoms with Gasteiger partial charge in [-0.3, -0.25) is 9.78 Å². The third-order valence-electron chi connectivity index (χ3n) is 3.80. The van der Waals surface area contributed by atoms with Crippen molar-refractivity contribution in [1.29, 1.82) is 0 Å². The first kappa shape index (κ1) is 15.2. The molecule has 120 valence electrons. The molecule has 1 aliphatic heterocycles. The number of anilines is 2. The lowest BCUT2D eigenvalue weighted by Gasteiger charge is -2.36. The van der Waals surface area contributed by atoms with Crippen LogP contribution < -0.4 is 10.2 Å². The molecule has 1 fully saturated rings. The van der Waals surface area contributed by atoms with Crippen molar-refractivity contribution in [3.8, 4) is 0 Å². The van der Waals surface area contributed by atoms with E-state index in [1.165, 1.54) is 6.20 Å². The fraction of sp³-hybridized carbons (Fsp3) is 0.375. The second-order valence-electron chi connectivity index (χ2n) is 5.27. The normalized spacial score (nSPS) is 14.7. The van der Waals surface area contributed by atoms with Gasteiger partial charge in [-0.2, -0.15) is 0 Å². The summed E-state index contributed by atoms with van der Waals surface area (Å²) in [5, 5.41) is 3.33. The van der Waals surface area contributed by atoms with Crippen molar-refractivity contribution < 1.29 is 4.79 Å². The topological polar surface area (TPSA) is 74.2 Å². The Kier molecular flexibility index (Phi) is 4.65. The van der Waals surface area contributed by atoms with E-state index in [1.807, 2.05) is 17.0 Å². The number of amides is 1. The number of aromatic nitrogens is 3. The minimum atomic E-state index is -0.0642. The van der Waals surface area contributed by atoms with Gasteiger partial charge in [-0.15, -0.1) is 0 Å². The molecule has 0 bridgehead atoms.